The fourth-order valence-corrected chi connectivity index (χ4v) is 1.82. The largest absolute Gasteiger partial charge is 0.198 e. The highest BCUT2D eigenvalue weighted by atomic mass is 32.1. The molecule has 0 aliphatic carbocycles. The van der Waals surface area contributed by atoms with Crippen LogP contribution in [0.25, 0.3) is 0 Å². The van der Waals surface area contributed by atoms with E-state index in [2.05, 4.69) is 19.1 Å². The highest BCUT2D eigenvalue weighted by Crippen LogP contribution is 2.17. The summed E-state index contributed by atoms with van der Waals surface area (Å²) >= 11 is 1.68. The predicted molar refractivity (Wildman–Crippen MR) is 43.0 cm³/mol. The predicted octanol–water partition coefficient (Wildman–Crippen LogP) is 2.38. The second kappa shape index (κ2) is 3.38. The SMILES string of the molecule is CCc1ccsc1CC#N. The van der Waals surface area contributed by atoms with Crippen LogP contribution in [0.1, 0.15) is 17.4 Å². The van der Waals surface area contributed by atoms with E-state index >= 15 is 0 Å². The molecule has 0 aliphatic rings. The Morgan fingerprint density at radius 1 is 1.70 bits per heavy atom. The molecule has 1 rings (SSSR count). The molecule has 0 radical (unpaired) electrons. The topological polar surface area (TPSA) is 23.8 Å². The molecular formula is C8H9NS. The van der Waals surface area contributed by atoms with Crippen molar-refractivity contribution < 1.29 is 0 Å². The molecule has 1 heterocycles. The quantitative estimate of drug-likeness (QED) is 0.636. The van der Waals surface area contributed by atoms with Gasteiger partial charge in [0, 0.05) is 4.88 Å². The normalized spacial score (nSPS) is 9.20. The van der Waals surface area contributed by atoms with Gasteiger partial charge in [-0.15, -0.1) is 11.3 Å². The molecule has 0 bridgehead atoms. The molecule has 10 heavy (non-hydrogen) atoms. The van der Waals surface area contributed by atoms with Crippen LogP contribution < -0.4 is 0 Å². The Labute approximate surface area is 64.9 Å². The van der Waals surface area contributed by atoms with Gasteiger partial charge in [-0.2, -0.15) is 5.26 Å². The van der Waals surface area contributed by atoms with Crippen LogP contribution in [0.15, 0.2) is 11.4 Å². The summed E-state index contributed by atoms with van der Waals surface area (Å²) in [5.74, 6) is 0. The summed E-state index contributed by atoms with van der Waals surface area (Å²) in [6.07, 6.45) is 1.61. The number of hydrogen-bond acceptors (Lipinski definition) is 2. The highest BCUT2D eigenvalue weighted by Gasteiger charge is 1.99. The lowest BCUT2D eigenvalue weighted by Gasteiger charge is -1.91. The first-order chi connectivity index (χ1) is 4.88. The summed E-state index contributed by atoms with van der Waals surface area (Å²) < 4.78 is 0. The van der Waals surface area contributed by atoms with Crippen LogP contribution in [0, 0.1) is 11.3 Å². The average molecular weight is 151 g/mol. The molecule has 1 aromatic heterocycles. The van der Waals surface area contributed by atoms with E-state index in [0.717, 1.165) is 6.42 Å². The standard InChI is InChI=1S/C8H9NS/c1-2-7-4-6-10-8(7)3-5-9/h4,6H,2-3H2,1H3. The maximum atomic E-state index is 8.41. The zero-order chi connectivity index (χ0) is 7.40. The first-order valence-corrected chi connectivity index (χ1v) is 4.18. The molecule has 0 saturated carbocycles. The molecule has 0 N–H and O–H groups in total. The van der Waals surface area contributed by atoms with E-state index < -0.39 is 0 Å². The molecule has 0 spiro atoms. The van der Waals surface area contributed by atoms with Crippen molar-refractivity contribution in [3.8, 4) is 6.07 Å². The van der Waals surface area contributed by atoms with Gasteiger partial charge in [0.05, 0.1) is 12.5 Å². The van der Waals surface area contributed by atoms with E-state index in [1.807, 2.05) is 5.38 Å². The molecule has 1 nitrogen and oxygen atoms in total. The Hall–Kier alpha value is -0.810. The number of nitrogens with zero attached hydrogens (tertiary/aromatic N) is 1. The Balaban J connectivity index is 2.82. The van der Waals surface area contributed by atoms with Crippen molar-refractivity contribution in [2.24, 2.45) is 0 Å². The smallest absolute Gasteiger partial charge is 0.0698 e. The van der Waals surface area contributed by atoms with Gasteiger partial charge < -0.3 is 0 Å². The van der Waals surface area contributed by atoms with Crippen LogP contribution in [-0.2, 0) is 12.8 Å². The molecule has 52 valence electrons. The summed E-state index contributed by atoms with van der Waals surface area (Å²) in [5, 5.41) is 10.5. The first-order valence-electron chi connectivity index (χ1n) is 3.30. The maximum absolute atomic E-state index is 8.41. The lowest BCUT2D eigenvalue weighted by Crippen LogP contribution is -1.82. The molecule has 0 fully saturated rings. The summed E-state index contributed by atoms with van der Waals surface area (Å²) in [4.78, 5) is 1.23. The Morgan fingerprint density at radius 2 is 2.50 bits per heavy atom. The van der Waals surface area contributed by atoms with Crippen molar-refractivity contribution in [3.63, 3.8) is 0 Å². The maximum Gasteiger partial charge on any atom is 0.0698 e. The van der Waals surface area contributed by atoms with Gasteiger partial charge in [-0.3, -0.25) is 0 Å². The minimum atomic E-state index is 0.570. The summed E-state index contributed by atoms with van der Waals surface area (Å²) in [6, 6.07) is 4.25. The molecule has 0 aromatic carbocycles. The summed E-state index contributed by atoms with van der Waals surface area (Å²) in [6.45, 7) is 2.11. The zero-order valence-corrected chi connectivity index (χ0v) is 6.74. The second-order valence-electron chi connectivity index (χ2n) is 2.06. The van der Waals surface area contributed by atoms with Crippen molar-refractivity contribution in [3.05, 3.63) is 21.9 Å². The van der Waals surface area contributed by atoms with Gasteiger partial charge >= 0.3 is 0 Å². The summed E-state index contributed by atoms with van der Waals surface area (Å²) in [7, 11) is 0. The van der Waals surface area contributed by atoms with Crippen molar-refractivity contribution in [1.29, 1.82) is 5.26 Å². The van der Waals surface area contributed by atoms with Gasteiger partial charge in [-0.05, 0) is 23.4 Å². The average Bonchev–Trinajstić information content (AvgIpc) is 2.36. The molecule has 0 atom stereocenters. The number of hydrogen-bond donors (Lipinski definition) is 0. The molecule has 0 aliphatic heterocycles. The van der Waals surface area contributed by atoms with Crippen LogP contribution in [0.2, 0.25) is 0 Å². The monoisotopic (exact) mass is 151 g/mol. The molecular weight excluding hydrogens is 142 g/mol. The number of rotatable bonds is 2. The third-order valence-electron chi connectivity index (χ3n) is 1.46. The second-order valence-corrected chi connectivity index (χ2v) is 3.06. The Kier molecular flexibility index (Phi) is 2.47. The van der Waals surface area contributed by atoms with Gasteiger partial charge in [0.25, 0.3) is 0 Å². The lowest BCUT2D eigenvalue weighted by atomic mass is 10.2. The molecule has 0 amide bonds. The van der Waals surface area contributed by atoms with Gasteiger partial charge in [0.2, 0.25) is 0 Å². The van der Waals surface area contributed by atoms with Crippen LogP contribution in [0.4, 0.5) is 0 Å². The molecule has 0 unspecified atom stereocenters. The van der Waals surface area contributed by atoms with E-state index in [4.69, 9.17) is 5.26 Å². The van der Waals surface area contributed by atoms with E-state index in [1.165, 1.54) is 10.4 Å². The number of nitriles is 1. The minimum Gasteiger partial charge on any atom is -0.198 e. The van der Waals surface area contributed by atoms with Crippen LogP contribution in [-0.4, -0.2) is 0 Å². The minimum absolute atomic E-state index is 0.570. The molecule has 1 aromatic rings. The van der Waals surface area contributed by atoms with Crippen molar-refractivity contribution >= 4 is 11.3 Å². The van der Waals surface area contributed by atoms with E-state index in [0.29, 0.717) is 6.42 Å². The molecule has 2 heteroatoms. The summed E-state index contributed by atoms with van der Waals surface area (Å²) in [5.41, 5.74) is 1.33. The fourth-order valence-electron chi connectivity index (χ4n) is 0.909. The number of thiophene rings is 1. The van der Waals surface area contributed by atoms with Crippen LogP contribution >= 0.6 is 11.3 Å². The van der Waals surface area contributed by atoms with Crippen molar-refractivity contribution in [2.75, 3.05) is 0 Å². The van der Waals surface area contributed by atoms with E-state index in [9.17, 15) is 0 Å². The first kappa shape index (κ1) is 7.30. The fraction of sp³-hybridized carbons (Fsp3) is 0.375. The van der Waals surface area contributed by atoms with Crippen LogP contribution in [0.3, 0.4) is 0 Å². The zero-order valence-electron chi connectivity index (χ0n) is 5.92. The molecule has 0 saturated heterocycles. The van der Waals surface area contributed by atoms with Gasteiger partial charge in [-0.1, -0.05) is 6.92 Å². The Morgan fingerprint density at radius 3 is 3.10 bits per heavy atom. The third-order valence-corrected chi connectivity index (χ3v) is 2.42. The van der Waals surface area contributed by atoms with Crippen LogP contribution in [0.5, 0.6) is 0 Å². The lowest BCUT2D eigenvalue weighted by molar-refractivity contribution is 1.11. The van der Waals surface area contributed by atoms with Gasteiger partial charge in [0.1, 0.15) is 0 Å². The van der Waals surface area contributed by atoms with Gasteiger partial charge in [-0.25, -0.2) is 0 Å². The highest BCUT2D eigenvalue weighted by molar-refractivity contribution is 7.10. The van der Waals surface area contributed by atoms with E-state index in [1.54, 1.807) is 11.3 Å². The van der Waals surface area contributed by atoms with Crippen molar-refractivity contribution in [2.45, 2.75) is 19.8 Å². The number of aryl methyl sites for hydroxylation is 1. The van der Waals surface area contributed by atoms with E-state index in [-0.39, 0.29) is 0 Å². The van der Waals surface area contributed by atoms with Gasteiger partial charge in [0.15, 0.2) is 0 Å². The third kappa shape index (κ3) is 1.37. The van der Waals surface area contributed by atoms with Crippen molar-refractivity contribution in [1.82, 2.24) is 0 Å². The Bertz CT molecular complexity index is 244.